The molecular formula is C30H20F4. The zero-order chi connectivity index (χ0) is 24.1. The van der Waals surface area contributed by atoms with Gasteiger partial charge >= 0.3 is 0 Å². The Balaban J connectivity index is 1.51. The highest BCUT2D eigenvalue weighted by Crippen LogP contribution is 2.21. The molecule has 0 fully saturated rings. The van der Waals surface area contributed by atoms with Crippen molar-refractivity contribution in [2.24, 2.45) is 0 Å². The van der Waals surface area contributed by atoms with Crippen LogP contribution in [0.2, 0.25) is 0 Å². The average Bonchev–Trinajstić information content (AvgIpc) is 2.84. The molecule has 168 valence electrons. The van der Waals surface area contributed by atoms with Crippen molar-refractivity contribution in [3.63, 3.8) is 0 Å². The quantitative estimate of drug-likeness (QED) is 0.221. The van der Waals surface area contributed by atoms with Crippen LogP contribution < -0.4 is 0 Å². The maximum absolute atomic E-state index is 14.3. The first kappa shape index (κ1) is 23.1. The van der Waals surface area contributed by atoms with E-state index >= 15 is 0 Å². The second-order valence-electron chi connectivity index (χ2n) is 7.91. The third-order valence-corrected chi connectivity index (χ3v) is 5.40. The van der Waals surface area contributed by atoms with E-state index in [0.717, 1.165) is 18.9 Å². The van der Waals surface area contributed by atoms with Gasteiger partial charge in [-0.2, -0.15) is 0 Å². The maximum atomic E-state index is 14.3. The van der Waals surface area contributed by atoms with Crippen LogP contribution in [-0.2, 0) is 6.42 Å². The van der Waals surface area contributed by atoms with E-state index in [9.17, 15) is 17.6 Å². The molecule has 0 radical (unpaired) electrons. The second-order valence-corrected chi connectivity index (χ2v) is 7.91. The van der Waals surface area contributed by atoms with Crippen LogP contribution in [0, 0.1) is 47.0 Å². The summed E-state index contributed by atoms with van der Waals surface area (Å²) < 4.78 is 55.8. The zero-order valence-electron chi connectivity index (χ0n) is 18.5. The summed E-state index contributed by atoms with van der Waals surface area (Å²) in [5.74, 6) is 8.32. The summed E-state index contributed by atoms with van der Waals surface area (Å²) in [4.78, 5) is 0. The topological polar surface area (TPSA) is 0 Å². The summed E-state index contributed by atoms with van der Waals surface area (Å²) in [6, 6.07) is 17.1. The molecule has 0 amide bonds. The summed E-state index contributed by atoms with van der Waals surface area (Å²) >= 11 is 0. The van der Waals surface area contributed by atoms with E-state index in [2.05, 4.69) is 23.7 Å². The lowest BCUT2D eigenvalue weighted by Crippen LogP contribution is -1.95. The number of hydrogen-bond donors (Lipinski definition) is 0. The lowest BCUT2D eigenvalue weighted by molar-refractivity contribution is 0.517. The number of halogens is 4. The fraction of sp³-hybridized carbons (Fsp3) is 0.133. The van der Waals surface area contributed by atoms with Crippen molar-refractivity contribution in [3.8, 4) is 23.7 Å². The molecular weight excluding hydrogens is 436 g/mol. The van der Waals surface area contributed by atoms with Gasteiger partial charge in [0, 0.05) is 22.1 Å². The molecule has 0 atom stereocenters. The predicted molar refractivity (Wildman–Crippen MR) is 127 cm³/mol. The van der Waals surface area contributed by atoms with Gasteiger partial charge in [0.05, 0.1) is 5.56 Å². The fourth-order valence-electron chi connectivity index (χ4n) is 3.53. The number of aryl methyl sites for hydroxylation is 1. The van der Waals surface area contributed by atoms with Gasteiger partial charge in [-0.05, 0) is 78.4 Å². The Morgan fingerprint density at radius 1 is 0.618 bits per heavy atom. The fourth-order valence-corrected chi connectivity index (χ4v) is 3.53. The number of unbranched alkanes of at least 4 members (excludes halogenated alkanes) is 1. The van der Waals surface area contributed by atoms with Gasteiger partial charge in [-0.15, -0.1) is 0 Å². The molecule has 0 saturated carbocycles. The Kier molecular flexibility index (Phi) is 7.00. The molecule has 0 spiro atoms. The Labute approximate surface area is 196 Å². The largest absolute Gasteiger partial charge is 0.206 e. The molecule has 0 aliphatic rings. The molecule has 0 aromatic heterocycles. The van der Waals surface area contributed by atoms with Crippen LogP contribution in [-0.4, -0.2) is 0 Å². The summed E-state index contributed by atoms with van der Waals surface area (Å²) in [5.41, 5.74) is 2.37. The molecule has 34 heavy (non-hydrogen) atoms. The molecule has 4 aromatic carbocycles. The predicted octanol–water partition coefficient (Wildman–Crippen LogP) is 7.54. The van der Waals surface area contributed by atoms with Crippen molar-refractivity contribution >= 4 is 10.8 Å². The van der Waals surface area contributed by atoms with E-state index < -0.39 is 23.3 Å². The van der Waals surface area contributed by atoms with Crippen LogP contribution in [0.1, 0.15) is 47.6 Å². The van der Waals surface area contributed by atoms with E-state index in [4.69, 9.17) is 0 Å². The lowest BCUT2D eigenvalue weighted by Gasteiger charge is -2.03. The minimum atomic E-state index is -0.885. The highest BCUT2D eigenvalue weighted by molar-refractivity contribution is 5.84. The molecule has 0 heterocycles. The highest BCUT2D eigenvalue weighted by Gasteiger charge is 2.09. The van der Waals surface area contributed by atoms with Crippen molar-refractivity contribution in [1.82, 2.24) is 0 Å². The number of benzene rings is 4. The van der Waals surface area contributed by atoms with Crippen LogP contribution in [0.4, 0.5) is 17.6 Å². The van der Waals surface area contributed by atoms with Gasteiger partial charge in [0.15, 0.2) is 11.6 Å². The smallest absolute Gasteiger partial charge is 0.166 e. The maximum Gasteiger partial charge on any atom is 0.166 e. The number of hydrogen-bond acceptors (Lipinski definition) is 0. The van der Waals surface area contributed by atoms with Crippen LogP contribution in [0.25, 0.3) is 10.8 Å². The van der Waals surface area contributed by atoms with Gasteiger partial charge in [-0.1, -0.05) is 49.2 Å². The molecule has 0 unspecified atom stereocenters. The molecule has 0 aliphatic carbocycles. The minimum Gasteiger partial charge on any atom is -0.206 e. The number of fused-ring (bicyclic) bond motifs is 1. The molecule has 0 aliphatic heterocycles. The molecule has 4 rings (SSSR count). The van der Waals surface area contributed by atoms with Crippen LogP contribution in [0.15, 0.2) is 66.7 Å². The van der Waals surface area contributed by atoms with Gasteiger partial charge < -0.3 is 0 Å². The first-order valence-electron chi connectivity index (χ1n) is 10.9. The lowest BCUT2D eigenvalue weighted by atomic mass is 10.0. The summed E-state index contributed by atoms with van der Waals surface area (Å²) in [5, 5.41) is 0.770. The summed E-state index contributed by atoms with van der Waals surface area (Å²) in [6.45, 7) is 2.03. The zero-order valence-corrected chi connectivity index (χ0v) is 18.5. The Hall–Kier alpha value is -4.02. The first-order valence-corrected chi connectivity index (χ1v) is 10.9. The monoisotopic (exact) mass is 456 g/mol. The molecule has 4 aromatic rings. The third-order valence-electron chi connectivity index (χ3n) is 5.40. The highest BCUT2D eigenvalue weighted by atomic mass is 19.2. The van der Waals surface area contributed by atoms with E-state index in [0.29, 0.717) is 34.1 Å². The number of rotatable bonds is 3. The van der Waals surface area contributed by atoms with E-state index in [1.165, 1.54) is 24.3 Å². The molecule has 0 saturated heterocycles. The van der Waals surface area contributed by atoms with Crippen LogP contribution in [0.5, 0.6) is 0 Å². The summed E-state index contributed by atoms with van der Waals surface area (Å²) in [7, 11) is 0. The minimum absolute atomic E-state index is 0.206. The Morgan fingerprint density at radius 3 is 1.85 bits per heavy atom. The standard InChI is InChI=1S/C30H20F4/c1-2-3-4-23-18-28(32)26(29(33)19-23)15-11-21-7-5-20(6-8-21)9-10-22-12-14-25-24(17-22)13-16-27(31)30(25)34/h5-8,12-14,16-19H,2-4H2,1H3. The average molecular weight is 456 g/mol. The summed E-state index contributed by atoms with van der Waals surface area (Å²) in [6.07, 6.45) is 2.46. The molecule has 0 bridgehead atoms. The van der Waals surface area contributed by atoms with Gasteiger partial charge in [0.25, 0.3) is 0 Å². The normalized spacial score (nSPS) is 10.4. The molecule has 0 N–H and O–H groups in total. The second kappa shape index (κ2) is 10.3. The SMILES string of the molecule is CCCCc1cc(F)c(C#Cc2ccc(C#Cc3ccc4c(F)c(F)ccc4c3)cc2)c(F)c1. The van der Waals surface area contributed by atoms with Gasteiger partial charge in [0.2, 0.25) is 0 Å². The molecule has 4 heteroatoms. The van der Waals surface area contributed by atoms with Gasteiger partial charge in [-0.25, -0.2) is 17.6 Å². The molecule has 0 nitrogen and oxygen atoms in total. The Morgan fingerprint density at radius 2 is 1.21 bits per heavy atom. The third kappa shape index (κ3) is 5.30. The Bertz CT molecular complexity index is 1450. The van der Waals surface area contributed by atoms with E-state index in [1.807, 2.05) is 6.92 Å². The van der Waals surface area contributed by atoms with Crippen LogP contribution >= 0.6 is 0 Å². The van der Waals surface area contributed by atoms with Gasteiger partial charge in [0.1, 0.15) is 11.6 Å². The van der Waals surface area contributed by atoms with Crippen molar-refractivity contribution in [1.29, 1.82) is 0 Å². The van der Waals surface area contributed by atoms with Crippen molar-refractivity contribution in [2.75, 3.05) is 0 Å². The van der Waals surface area contributed by atoms with Crippen molar-refractivity contribution in [2.45, 2.75) is 26.2 Å². The van der Waals surface area contributed by atoms with E-state index in [-0.39, 0.29) is 10.9 Å². The van der Waals surface area contributed by atoms with Crippen molar-refractivity contribution in [3.05, 3.63) is 118 Å². The first-order chi connectivity index (χ1) is 16.4. The van der Waals surface area contributed by atoms with Gasteiger partial charge in [-0.3, -0.25) is 0 Å². The van der Waals surface area contributed by atoms with E-state index in [1.54, 1.807) is 36.4 Å². The van der Waals surface area contributed by atoms with Crippen LogP contribution in [0.3, 0.4) is 0 Å². The van der Waals surface area contributed by atoms with Crippen molar-refractivity contribution < 1.29 is 17.6 Å².